The third kappa shape index (κ3) is 3.29. The van der Waals surface area contributed by atoms with E-state index >= 15 is 0 Å². The number of para-hydroxylation sites is 2. The number of aryl methyl sites for hydroxylation is 1. The molecule has 0 saturated carbocycles. The van der Waals surface area contributed by atoms with Crippen LogP contribution in [-0.4, -0.2) is 43.1 Å². The molecule has 0 spiro atoms. The molecule has 3 aromatic rings. The van der Waals surface area contributed by atoms with Gasteiger partial charge in [0.05, 0.1) is 18.1 Å². The molecule has 142 valence electrons. The van der Waals surface area contributed by atoms with Crippen LogP contribution in [0.25, 0.3) is 17.1 Å². The molecule has 6 heteroatoms. The maximum atomic E-state index is 13.0. The third-order valence-corrected chi connectivity index (χ3v) is 4.87. The zero-order valence-corrected chi connectivity index (χ0v) is 16.2. The van der Waals surface area contributed by atoms with Gasteiger partial charge < -0.3 is 9.64 Å². The molecule has 2 heterocycles. The first kappa shape index (κ1) is 18.0. The monoisotopic (exact) mass is 374 g/mol. The van der Waals surface area contributed by atoms with Crippen LogP contribution in [0.2, 0.25) is 0 Å². The number of methoxy groups -OCH3 is 1. The first-order valence-electron chi connectivity index (χ1n) is 9.19. The second-order valence-electron chi connectivity index (χ2n) is 6.85. The third-order valence-electron chi connectivity index (χ3n) is 4.87. The summed E-state index contributed by atoms with van der Waals surface area (Å²) in [5, 5.41) is 0. The number of nitrogens with zero attached hydrogens (tertiary/aromatic N) is 4. The normalized spacial score (nSPS) is 13.8. The summed E-state index contributed by atoms with van der Waals surface area (Å²) in [6, 6.07) is 13.6. The molecule has 2 aromatic carbocycles. The Bertz CT molecular complexity index is 1080. The van der Waals surface area contributed by atoms with Gasteiger partial charge in [-0.2, -0.15) is 0 Å². The van der Waals surface area contributed by atoms with Crippen LogP contribution in [0.15, 0.2) is 48.5 Å². The standard InChI is InChI=1S/C22H22N4O2/c1-15-8-10-19(28-3)16(14-15)9-11-20(27)26-13-12-25(2)21-22(26)24-18-7-5-4-6-17(18)23-21/h4-11,14H,12-13H2,1-3H3/b11-9+. The number of benzene rings is 2. The van der Waals surface area contributed by atoms with Crippen molar-refractivity contribution in [2.75, 3.05) is 37.0 Å². The lowest BCUT2D eigenvalue weighted by atomic mass is 10.1. The SMILES string of the molecule is COc1ccc(C)cc1/C=C/C(=O)N1CCN(C)c2nc3ccccc3nc21. The molecule has 1 amide bonds. The average Bonchev–Trinajstić information content (AvgIpc) is 2.71. The summed E-state index contributed by atoms with van der Waals surface area (Å²) in [5.41, 5.74) is 3.58. The minimum atomic E-state index is -0.123. The van der Waals surface area contributed by atoms with Gasteiger partial charge in [-0.25, -0.2) is 9.97 Å². The van der Waals surface area contributed by atoms with Crippen LogP contribution in [0, 0.1) is 6.92 Å². The van der Waals surface area contributed by atoms with Crippen molar-refractivity contribution in [3.05, 3.63) is 59.7 Å². The fourth-order valence-corrected chi connectivity index (χ4v) is 3.33. The van der Waals surface area contributed by atoms with E-state index in [1.165, 1.54) is 0 Å². The van der Waals surface area contributed by atoms with E-state index in [2.05, 4.69) is 0 Å². The molecule has 0 fully saturated rings. The fraction of sp³-hybridized carbons (Fsp3) is 0.227. The molecular formula is C22H22N4O2. The number of carbonyl (C=O) groups is 1. The maximum Gasteiger partial charge on any atom is 0.252 e. The van der Waals surface area contributed by atoms with Crippen LogP contribution >= 0.6 is 0 Å². The Kier molecular flexibility index (Phi) is 4.69. The number of anilines is 2. The summed E-state index contributed by atoms with van der Waals surface area (Å²) in [6.07, 6.45) is 3.36. The second-order valence-corrected chi connectivity index (χ2v) is 6.85. The number of amides is 1. The topological polar surface area (TPSA) is 58.6 Å². The number of carbonyl (C=O) groups excluding carboxylic acids is 1. The Balaban J connectivity index is 1.69. The second kappa shape index (κ2) is 7.31. The van der Waals surface area contributed by atoms with Crippen molar-refractivity contribution in [2.45, 2.75) is 6.92 Å². The van der Waals surface area contributed by atoms with E-state index in [4.69, 9.17) is 14.7 Å². The Labute approximate surface area is 164 Å². The number of aromatic nitrogens is 2. The van der Waals surface area contributed by atoms with Crippen molar-refractivity contribution in [1.29, 1.82) is 0 Å². The molecule has 1 aliphatic heterocycles. The molecule has 0 radical (unpaired) electrons. The van der Waals surface area contributed by atoms with Crippen molar-refractivity contribution in [3.8, 4) is 5.75 Å². The summed E-state index contributed by atoms with van der Waals surface area (Å²) in [7, 11) is 3.60. The molecular weight excluding hydrogens is 352 g/mol. The molecule has 0 unspecified atom stereocenters. The predicted molar refractivity (Wildman–Crippen MR) is 112 cm³/mol. The summed E-state index contributed by atoms with van der Waals surface area (Å²) in [5.74, 6) is 1.93. The lowest BCUT2D eigenvalue weighted by Gasteiger charge is -2.33. The highest BCUT2D eigenvalue weighted by Gasteiger charge is 2.27. The quantitative estimate of drug-likeness (QED) is 0.657. The van der Waals surface area contributed by atoms with Gasteiger partial charge in [0.25, 0.3) is 5.91 Å². The highest BCUT2D eigenvalue weighted by atomic mass is 16.5. The molecule has 0 atom stereocenters. The number of ether oxygens (including phenoxy) is 1. The lowest BCUT2D eigenvalue weighted by Crippen LogP contribution is -2.43. The summed E-state index contributed by atoms with van der Waals surface area (Å²) in [6.45, 7) is 3.27. The number of rotatable bonds is 3. The Morgan fingerprint density at radius 2 is 1.79 bits per heavy atom. The Hall–Kier alpha value is -3.41. The predicted octanol–water partition coefficient (Wildman–Crippen LogP) is 3.44. The largest absolute Gasteiger partial charge is 0.496 e. The van der Waals surface area contributed by atoms with Gasteiger partial charge in [0, 0.05) is 31.8 Å². The van der Waals surface area contributed by atoms with Gasteiger partial charge >= 0.3 is 0 Å². The van der Waals surface area contributed by atoms with Crippen LogP contribution < -0.4 is 14.5 Å². The van der Waals surface area contributed by atoms with Crippen molar-refractivity contribution >= 4 is 34.7 Å². The molecule has 0 aliphatic carbocycles. The first-order valence-corrected chi connectivity index (χ1v) is 9.19. The first-order chi connectivity index (χ1) is 13.6. The van der Waals surface area contributed by atoms with Crippen LogP contribution in [-0.2, 0) is 4.79 Å². The van der Waals surface area contributed by atoms with E-state index < -0.39 is 0 Å². The smallest absolute Gasteiger partial charge is 0.252 e. The Morgan fingerprint density at radius 3 is 2.50 bits per heavy atom. The van der Waals surface area contributed by atoms with E-state index in [0.29, 0.717) is 18.9 Å². The molecule has 0 N–H and O–H groups in total. The number of hydrogen-bond acceptors (Lipinski definition) is 5. The lowest BCUT2D eigenvalue weighted by molar-refractivity contribution is -0.114. The molecule has 1 aromatic heterocycles. The maximum absolute atomic E-state index is 13.0. The Morgan fingerprint density at radius 1 is 1.07 bits per heavy atom. The van der Waals surface area contributed by atoms with Crippen LogP contribution in [0.5, 0.6) is 5.75 Å². The molecule has 4 rings (SSSR count). The van der Waals surface area contributed by atoms with Gasteiger partial charge in [-0.1, -0.05) is 23.8 Å². The highest BCUT2D eigenvalue weighted by molar-refractivity contribution is 6.06. The summed E-state index contributed by atoms with van der Waals surface area (Å²) in [4.78, 5) is 26.1. The van der Waals surface area contributed by atoms with Crippen molar-refractivity contribution < 1.29 is 9.53 Å². The van der Waals surface area contributed by atoms with Gasteiger partial charge in [0.2, 0.25) is 0 Å². The van der Waals surface area contributed by atoms with E-state index in [0.717, 1.165) is 33.7 Å². The number of hydrogen-bond donors (Lipinski definition) is 0. The molecule has 0 bridgehead atoms. The average molecular weight is 374 g/mol. The van der Waals surface area contributed by atoms with Gasteiger partial charge in [0.1, 0.15) is 5.75 Å². The van der Waals surface area contributed by atoms with Crippen molar-refractivity contribution in [3.63, 3.8) is 0 Å². The van der Waals surface area contributed by atoms with Gasteiger partial charge in [-0.3, -0.25) is 9.69 Å². The fourth-order valence-electron chi connectivity index (χ4n) is 3.33. The van der Waals surface area contributed by atoms with Crippen LogP contribution in [0.1, 0.15) is 11.1 Å². The number of likely N-dealkylation sites (N-methyl/N-ethyl adjacent to an activating group) is 1. The molecule has 28 heavy (non-hydrogen) atoms. The van der Waals surface area contributed by atoms with Crippen molar-refractivity contribution in [1.82, 2.24) is 9.97 Å². The van der Waals surface area contributed by atoms with Crippen molar-refractivity contribution in [2.24, 2.45) is 0 Å². The minimum absolute atomic E-state index is 0.123. The summed E-state index contributed by atoms with van der Waals surface area (Å²) < 4.78 is 5.39. The van der Waals surface area contributed by atoms with E-state index in [1.54, 1.807) is 24.2 Å². The molecule has 1 aliphatic rings. The van der Waals surface area contributed by atoms with E-state index in [9.17, 15) is 4.79 Å². The molecule has 0 saturated heterocycles. The van der Waals surface area contributed by atoms with Gasteiger partial charge in [-0.15, -0.1) is 0 Å². The van der Waals surface area contributed by atoms with Gasteiger partial charge in [-0.05, 0) is 37.3 Å². The highest BCUT2D eigenvalue weighted by Crippen LogP contribution is 2.31. The zero-order valence-electron chi connectivity index (χ0n) is 16.2. The van der Waals surface area contributed by atoms with E-state index in [-0.39, 0.29) is 5.91 Å². The molecule has 6 nitrogen and oxygen atoms in total. The minimum Gasteiger partial charge on any atom is -0.496 e. The van der Waals surface area contributed by atoms with E-state index in [1.807, 2.05) is 61.3 Å². The van der Waals surface area contributed by atoms with Crippen LogP contribution in [0.4, 0.5) is 11.6 Å². The number of fused-ring (bicyclic) bond motifs is 2. The zero-order chi connectivity index (χ0) is 19.7. The van der Waals surface area contributed by atoms with Crippen LogP contribution in [0.3, 0.4) is 0 Å². The summed E-state index contributed by atoms with van der Waals surface area (Å²) >= 11 is 0. The van der Waals surface area contributed by atoms with Gasteiger partial charge in [0.15, 0.2) is 11.6 Å².